The molecule has 2 aliphatic carbocycles. The van der Waals surface area contributed by atoms with Gasteiger partial charge in [0.05, 0.1) is 22.1 Å². The molecule has 1 aliphatic heterocycles. The van der Waals surface area contributed by atoms with E-state index in [0.29, 0.717) is 11.6 Å². The van der Waals surface area contributed by atoms with Gasteiger partial charge in [0, 0.05) is 42.0 Å². The molecule has 2 heterocycles. The summed E-state index contributed by atoms with van der Waals surface area (Å²) in [5, 5.41) is 0.868. The number of piperidine rings is 1. The van der Waals surface area contributed by atoms with E-state index >= 15 is 0 Å². The van der Waals surface area contributed by atoms with Crippen molar-refractivity contribution in [3.63, 3.8) is 0 Å². The van der Waals surface area contributed by atoms with Crippen molar-refractivity contribution in [3.8, 4) is 11.3 Å². The minimum absolute atomic E-state index is 0.233. The first-order chi connectivity index (χ1) is 16.0. The molecule has 6 nitrogen and oxygen atoms in total. The minimum Gasteiger partial charge on any atom is -0.396 e. The molecule has 0 spiro atoms. The first-order valence-corrected chi connectivity index (χ1v) is 13.8. The Hall–Kier alpha value is -2.67. The molecule has 2 aromatic carbocycles. The summed E-state index contributed by atoms with van der Waals surface area (Å²) in [4.78, 5) is 2.49. The zero-order valence-electron chi connectivity index (χ0n) is 19.0. The van der Waals surface area contributed by atoms with E-state index in [4.69, 9.17) is 5.73 Å². The predicted octanol–water partition coefficient (Wildman–Crippen LogP) is 5.19. The Morgan fingerprint density at radius 2 is 1.67 bits per heavy atom. The Labute approximate surface area is 195 Å². The normalized spacial score (nSPS) is 19.2. The van der Waals surface area contributed by atoms with Crippen molar-refractivity contribution in [2.45, 2.75) is 56.7 Å². The van der Waals surface area contributed by atoms with Crippen LogP contribution in [0.3, 0.4) is 0 Å². The molecule has 7 heteroatoms. The van der Waals surface area contributed by atoms with Crippen LogP contribution in [0.4, 0.5) is 17.1 Å². The largest absolute Gasteiger partial charge is 0.396 e. The van der Waals surface area contributed by atoms with Gasteiger partial charge in [-0.1, -0.05) is 12.1 Å². The smallest absolute Gasteiger partial charge is 0.235 e. The third-order valence-electron chi connectivity index (χ3n) is 7.33. The second kappa shape index (κ2) is 7.97. The number of hydrogen-bond acceptors (Lipinski definition) is 4. The fourth-order valence-corrected chi connectivity index (χ4v) is 6.48. The molecule has 0 unspecified atom stereocenters. The lowest BCUT2D eigenvalue weighted by molar-refractivity contribution is 0.578. The minimum atomic E-state index is -3.26. The fourth-order valence-electron chi connectivity index (χ4n) is 5.09. The lowest BCUT2D eigenvalue weighted by atomic mass is 10.1. The van der Waals surface area contributed by atoms with Gasteiger partial charge in [-0.05, 0) is 81.2 Å². The number of nitrogens with zero attached hydrogens (tertiary/aromatic N) is 2. The first-order valence-electron chi connectivity index (χ1n) is 12.3. The van der Waals surface area contributed by atoms with Crippen LogP contribution in [0, 0.1) is 5.92 Å². The van der Waals surface area contributed by atoms with Gasteiger partial charge in [-0.25, -0.2) is 8.42 Å². The highest BCUT2D eigenvalue weighted by Gasteiger charge is 2.35. The predicted molar refractivity (Wildman–Crippen MR) is 136 cm³/mol. The molecule has 0 radical (unpaired) electrons. The number of sulfonamides is 1. The topological polar surface area (TPSA) is 80.4 Å². The Morgan fingerprint density at radius 3 is 2.33 bits per heavy atom. The van der Waals surface area contributed by atoms with Crippen molar-refractivity contribution in [3.05, 3.63) is 42.5 Å². The summed E-state index contributed by atoms with van der Waals surface area (Å²) < 4.78 is 29.7. The molecule has 3 fully saturated rings. The number of aromatic nitrogens is 1. The van der Waals surface area contributed by atoms with Crippen molar-refractivity contribution >= 4 is 38.0 Å². The fraction of sp³-hybridized carbons (Fsp3) is 0.462. The van der Waals surface area contributed by atoms with Gasteiger partial charge >= 0.3 is 0 Å². The number of anilines is 3. The van der Waals surface area contributed by atoms with Crippen molar-refractivity contribution in [2.75, 3.05) is 28.4 Å². The van der Waals surface area contributed by atoms with Gasteiger partial charge in [0.25, 0.3) is 0 Å². The molecular weight excluding hydrogens is 432 g/mol. The van der Waals surface area contributed by atoms with Crippen LogP contribution >= 0.6 is 0 Å². The Balaban J connectivity index is 1.38. The van der Waals surface area contributed by atoms with Crippen molar-refractivity contribution in [1.82, 2.24) is 4.57 Å². The van der Waals surface area contributed by atoms with Gasteiger partial charge in [-0.3, -0.25) is 4.72 Å². The van der Waals surface area contributed by atoms with Gasteiger partial charge in [0.15, 0.2) is 0 Å². The molecule has 0 bridgehead atoms. The van der Waals surface area contributed by atoms with E-state index in [1.807, 2.05) is 24.3 Å². The average molecular weight is 465 g/mol. The molecule has 3 N–H and O–H groups in total. The van der Waals surface area contributed by atoms with E-state index in [1.54, 1.807) is 0 Å². The highest BCUT2D eigenvalue weighted by molar-refractivity contribution is 7.93. The van der Waals surface area contributed by atoms with Crippen LogP contribution in [0.25, 0.3) is 22.2 Å². The summed E-state index contributed by atoms with van der Waals surface area (Å²) in [5.41, 5.74) is 12.7. The van der Waals surface area contributed by atoms with E-state index < -0.39 is 10.0 Å². The summed E-state index contributed by atoms with van der Waals surface area (Å²) in [6.45, 7) is 3.22. The lowest BCUT2D eigenvalue weighted by Gasteiger charge is -2.29. The first kappa shape index (κ1) is 20.9. The average Bonchev–Trinajstić information content (AvgIpc) is 3.74. The van der Waals surface area contributed by atoms with Gasteiger partial charge in [-0.15, -0.1) is 0 Å². The number of rotatable bonds is 7. The third kappa shape index (κ3) is 4.07. The van der Waals surface area contributed by atoms with E-state index in [0.717, 1.165) is 54.8 Å². The molecule has 0 atom stereocenters. The number of nitrogens with one attached hydrogen (secondary N) is 1. The van der Waals surface area contributed by atoms with Crippen LogP contribution < -0.4 is 15.4 Å². The lowest BCUT2D eigenvalue weighted by Crippen LogP contribution is -2.29. The number of nitrogens with two attached hydrogens (primary N) is 1. The van der Waals surface area contributed by atoms with Crippen LogP contribution in [0.2, 0.25) is 0 Å². The summed E-state index contributed by atoms with van der Waals surface area (Å²) in [5.74, 6) is 0.710. The molecule has 174 valence electrons. The van der Waals surface area contributed by atoms with Crippen molar-refractivity contribution in [1.29, 1.82) is 0 Å². The maximum absolute atomic E-state index is 12.3. The van der Waals surface area contributed by atoms with Crippen molar-refractivity contribution < 1.29 is 8.42 Å². The molecule has 33 heavy (non-hydrogen) atoms. The molecule has 2 saturated carbocycles. The van der Waals surface area contributed by atoms with Crippen LogP contribution in [-0.2, 0) is 16.6 Å². The molecule has 1 saturated heterocycles. The Kier molecular flexibility index (Phi) is 5.05. The maximum Gasteiger partial charge on any atom is 0.235 e. The molecular formula is C26H32N4O2S. The van der Waals surface area contributed by atoms with E-state index in [-0.39, 0.29) is 5.25 Å². The zero-order chi connectivity index (χ0) is 22.6. The molecule has 3 aliphatic rings. The van der Waals surface area contributed by atoms with Crippen molar-refractivity contribution in [2.24, 2.45) is 5.92 Å². The molecule has 0 amide bonds. The highest BCUT2D eigenvalue weighted by atomic mass is 32.2. The van der Waals surface area contributed by atoms with E-state index in [1.165, 1.54) is 43.3 Å². The SMILES string of the molecule is Nc1c(-c2ccc(NS(=O)(=O)C3CC3)cc2)n(CC2CC2)c2cc(N3CCCCC3)ccc12. The molecule has 1 aromatic heterocycles. The standard InChI is InChI=1S/C26H32N4O2S/c27-25-23-13-10-21(29-14-2-1-3-15-29)16-24(23)30(17-18-4-5-18)26(25)19-6-8-20(9-7-19)28-33(31,32)22-11-12-22/h6-10,13,16,18,22,28H,1-5,11-12,14-15,17,27H2. The Morgan fingerprint density at radius 1 is 0.939 bits per heavy atom. The number of nitrogen functional groups attached to an aromatic ring is 1. The Bertz CT molecular complexity index is 1280. The molecule has 3 aromatic rings. The van der Waals surface area contributed by atoms with Crippen LogP contribution in [0.15, 0.2) is 42.5 Å². The van der Waals surface area contributed by atoms with E-state index in [9.17, 15) is 8.42 Å². The van der Waals surface area contributed by atoms with Crippen LogP contribution in [-0.4, -0.2) is 31.3 Å². The van der Waals surface area contributed by atoms with E-state index in [2.05, 4.69) is 32.4 Å². The second-order valence-corrected chi connectivity index (χ2v) is 12.0. The third-order valence-corrected chi connectivity index (χ3v) is 9.20. The quantitative estimate of drug-likeness (QED) is 0.504. The number of fused-ring (bicyclic) bond motifs is 1. The number of hydrogen-bond donors (Lipinski definition) is 2. The number of benzene rings is 2. The zero-order valence-corrected chi connectivity index (χ0v) is 19.8. The summed E-state index contributed by atoms with van der Waals surface area (Å²) in [7, 11) is -3.26. The summed E-state index contributed by atoms with van der Waals surface area (Å²) >= 11 is 0. The monoisotopic (exact) mass is 464 g/mol. The highest BCUT2D eigenvalue weighted by Crippen LogP contribution is 2.41. The van der Waals surface area contributed by atoms with Crippen LogP contribution in [0.5, 0.6) is 0 Å². The van der Waals surface area contributed by atoms with Gasteiger partial charge in [0.2, 0.25) is 10.0 Å². The van der Waals surface area contributed by atoms with Gasteiger partial charge < -0.3 is 15.2 Å². The summed E-state index contributed by atoms with van der Waals surface area (Å²) in [6.07, 6.45) is 7.88. The summed E-state index contributed by atoms with van der Waals surface area (Å²) in [6, 6.07) is 14.4. The van der Waals surface area contributed by atoms with Gasteiger partial charge in [0.1, 0.15) is 0 Å². The van der Waals surface area contributed by atoms with Crippen LogP contribution in [0.1, 0.15) is 44.9 Å². The maximum atomic E-state index is 12.3. The van der Waals surface area contributed by atoms with Gasteiger partial charge in [-0.2, -0.15) is 0 Å². The molecule has 6 rings (SSSR count). The second-order valence-electron chi connectivity index (χ2n) is 9.99.